The normalized spacial score (nSPS) is 18.5. The lowest BCUT2D eigenvalue weighted by Crippen LogP contribution is -2.57. The van der Waals surface area contributed by atoms with Crippen LogP contribution in [0.15, 0.2) is 0 Å². The summed E-state index contributed by atoms with van der Waals surface area (Å²) in [5.41, 5.74) is 10.8. The highest BCUT2D eigenvalue weighted by Crippen LogP contribution is 2.20. The second kappa shape index (κ2) is 12.0. The maximum absolute atomic E-state index is 13.1. The molecule has 1 heterocycles. The zero-order chi connectivity index (χ0) is 24.6. The Morgan fingerprint density at radius 3 is 2.19 bits per heavy atom. The lowest BCUT2D eigenvalue weighted by Gasteiger charge is -2.30. The number of nitrogens with two attached hydrogens (primary N) is 2. The van der Waals surface area contributed by atoms with Gasteiger partial charge >= 0.3 is 11.9 Å². The smallest absolute Gasteiger partial charge is 0.326 e. The van der Waals surface area contributed by atoms with Crippen LogP contribution in [0.3, 0.4) is 0 Å². The minimum Gasteiger partial charge on any atom is -0.481 e. The molecule has 13 nitrogen and oxygen atoms in total. The number of carboxylic acid groups (broad SMARTS) is 2. The molecule has 0 saturated carbocycles. The molecule has 1 fully saturated rings. The molecule has 32 heavy (non-hydrogen) atoms. The van der Waals surface area contributed by atoms with E-state index < -0.39 is 72.6 Å². The number of carboxylic acids is 2. The van der Waals surface area contributed by atoms with E-state index in [0.29, 0.717) is 6.42 Å². The fourth-order valence-electron chi connectivity index (χ4n) is 3.27. The molecule has 0 radical (unpaired) electrons. The molecule has 1 aliphatic heterocycles. The Hall–Kier alpha value is -3.22. The van der Waals surface area contributed by atoms with Crippen LogP contribution >= 0.6 is 0 Å². The summed E-state index contributed by atoms with van der Waals surface area (Å²) in [7, 11) is 0. The van der Waals surface area contributed by atoms with Crippen molar-refractivity contribution in [1.82, 2.24) is 15.5 Å². The van der Waals surface area contributed by atoms with Crippen molar-refractivity contribution < 1.29 is 39.0 Å². The number of carbonyl (C=O) groups excluding carboxylic acids is 4. The lowest BCUT2D eigenvalue weighted by molar-refractivity contribution is -0.146. The van der Waals surface area contributed by atoms with Crippen molar-refractivity contribution in [2.24, 2.45) is 17.4 Å². The van der Waals surface area contributed by atoms with Crippen molar-refractivity contribution in [2.45, 2.75) is 70.1 Å². The highest BCUT2D eigenvalue weighted by Gasteiger charge is 2.39. The first-order valence-corrected chi connectivity index (χ1v) is 10.2. The van der Waals surface area contributed by atoms with E-state index in [1.165, 1.54) is 4.90 Å². The van der Waals surface area contributed by atoms with Gasteiger partial charge in [0.1, 0.15) is 18.1 Å². The summed E-state index contributed by atoms with van der Waals surface area (Å²) in [6.45, 7) is 3.58. The van der Waals surface area contributed by atoms with Gasteiger partial charge in [0.2, 0.25) is 23.6 Å². The van der Waals surface area contributed by atoms with Crippen molar-refractivity contribution in [3.05, 3.63) is 0 Å². The Kier molecular flexibility index (Phi) is 10.0. The van der Waals surface area contributed by atoms with Crippen LogP contribution in [0.5, 0.6) is 0 Å². The van der Waals surface area contributed by atoms with Crippen LogP contribution in [0.25, 0.3) is 0 Å². The zero-order valence-corrected chi connectivity index (χ0v) is 18.1. The highest BCUT2D eigenvalue weighted by atomic mass is 16.4. The van der Waals surface area contributed by atoms with E-state index in [9.17, 15) is 33.9 Å². The second-order valence-corrected chi connectivity index (χ2v) is 8.02. The van der Waals surface area contributed by atoms with E-state index in [4.69, 9.17) is 16.6 Å². The number of carbonyl (C=O) groups is 6. The first-order valence-electron chi connectivity index (χ1n) is 10.2. The zero-order valence-electron chi connectivity index (χ0n) is 18.1. The van der Waals surface area contributed by atoms with E-state index in [1.807, 2.05) is 0 Å². The van der Waals surface area contributed by atoms with Crippen molar-refractivity contribution in [2.75, 3.05) is 6.54 Å². The molecule has 1 rings (SSSR count). The molecule has 0 aromatic heterocycles. The summed E-state index contributed by atoms with van der Waals surface area (Å²) in [6, 6.07) is -4.74. The van der Waals surface area contributed by atoms with Gasteiger partial charge in [-0.05, 0) is 25.2 Å². The number of nitrogens with one attached hydrogen (secondary N) is 2. The minimum absolute atomic E-state index is 0.153. The third kappa shape index (κ3) is 7.80. The summed E-state index contributed by atoms with van der Waals surface area (Å²) in [5, 5.41) is 22.8. The number of primary amides is 1. The third-order valence-electron chi connectivity index (χ3n) is 5.14. The number of nitrogens with zero attached hydrogens (tertiary/aromatic N) is 1. The molecular weight excluding hydrogens is 426 g/mol. The largest absolute Gasteiger partial charge is 0.481 e. The van der Waals surface area contributed by atoms with E-state index in [0.717, 1.165) is 0 Å². The number of amides is 4. The highest BCUT2D eigenvalue weighted by molar-refractivity contribution is 5.95. The van der Waals surface area contributed by atoms with Gasteiger partial charge in [-0.25, -0.2) is 4.79 Å². The van der Waals surface area contributed by atoms with E-state index in [1.54, 1.807) is 13.8 Å². The van der Waals surface area contributed by atoms with Crippen LogP contribution in [0.2, 0.25) is 0 Å². The summed E-state index contributed by atoms with van der Waals surface area (Å²) in [6.07, 6.45) is -0.576. The van der Waals surface area contributed by atoms with Crippen LogP contribution in [0.1, 0.15) is 46.0 Å². The monoisotopic (exact) mass is 457 g/mol. The van der Waals surface area contributed by atoms with Crippen molar-refractivity contribution in [3.8, 4) is 0 Å². The summed E-state index contributed by atoms with van der Waals surface area (Å²) < 4.78 is 0. The van der Waals surface area contributed by atoms with E-state index >= 15 is 0 Å². The van der Waals surface area contributed by atoms with E-state index in [-0.39, 0.29) is 25.3 Å². The number of aliphatic carboxylic acids is 2. The van der Waals surface area contributed by atoms with Crippen molar-refractivity contribution in [1.29, 1.82) is 0 Å². The first kappa shape index (κ1) is 26.8. The predicted octanol–water partition coefficient (Wildman–Crippen LogP) is -2.24. The Bertz CT molecular complexity index is 756. The molecule has 0 aliphatic carbocycles. The molecule has 0 bridgehead atoms. The molecule has 0 aromatic carbocycles. The molecule has 180 valence electrons. The van der Waals surface area contributed by atoms with Crippen molar-refractivity contribution >= 4 is 35.6 Å². The standard InChI is InChI=1S/C19H31N5O8/c1-9(2)15(21)17(29)22-10(5-6-14(26)27)18(30)24-7-3-4-12(24)16(28)23-11(19(31)32)8-13(20)25/h9-12,15H,3-8,21H2,1-2H3,(H2,20,25)(H,22,29)(H,23,28)(H,26,27)(H,31,32). The molecule has 1 aliphatic rings. The SMILES string of the molecule is CC(C)C(N)C(=O)NC(CCC(=O)O)C(=O)N1CCCC1C(=O)NC(CC(N)=O)C(=O)O. The molecule has 4 amide bonds. The van der Waals surface area contributed by atoms with Gasteiger partial charge < -0.3 is 37.2 Å². The maximum Gasteiger partial charge on any atom is 0.326 e. The topological polar surface area (TPSA) is 222 Å². The van der Waals surface area contributed by atoms with Crippen LogP contribution in [0.4, 0.5) is 0 Å². The second-order valence-electron chi connectivity index (χ2n) is 8.02. The number of likely N-dealkylation sites (tertiary alicyclic amines) is 1. The van der Waals surface area contributed by atoms with Crippen molar-refractivity contribution in [3.63, 3.8) is 0 Å². The minimum atomic E-state index is -1.55. The molecule has 0 aromatic rings. The molecular formula is C19H31N5O8. The van der Waals surface area contributed by atoms with E-state index in [2.05, 4.69) is 10.6 Å². The number of hydrogen-bond acceptors (Lipinski definition) is 7. The summed E-state index contributed by atoms with van der Waals surface area (Å²) >= 11 is 0. The number of rotatable bonds is 12. The van der Waals surface area contributed by atoms with Gasteiger partial charge in [0.15, 0.2) is 0 Å². The van der Waals surface area contributed by atoms with Crippen LogP contribution < -0.4 is 22.1 Å². The fraction of sp³-hybridized carbons (Fsp3) is 0.684. The average molecular weight is 457 g/mol. The average Bonchev–Trinajstić information content (AvgIpc) is 3.18. The Morgan fingerprint density at radius 2 is 1.69 bits per heavy atom. The Labute approximate surface area is 184 Å². The molecule has 8 N–H and O–H groups in total. The van der Waals surface area contributed by atoms with Gasteiger partial charge in [0.25, 0.3) is 0 Å². The molecule has 4 unspecified atom stereocenters. The van der Waals surface area contributed by atoms with Gasteiger partial charge in [0.05, 0.1) is 12.5 Å². The van der Waals surface area contributed by atoms with Crippen LogP contribution in [-0.2, 0) is 28.8 Å². The van der Waals surface area contributed by atoms with Gasteiger partial charge in [-0.3, -0.25) is 24.0 Å². The maximum atomic E-state index is 13.1. The Morgan fingerprint density at radius 1 is 1.06 bits per heavy atom. The predicted molar refractivity (Wildman–Crippen MR) is 110 cm³/mol. The van der Waals surface area contributed by atoms with Crippen LogP contribution in [-0.4, -0.2) is 81.4 Å². The quantitative estimate of drug-likeness (QED) is 0.186. The molecule has 1 saturated heterocycles. The number of hydrogen-bond donors (Lipinski definition) is 6. The first-order chi connectivity index (χ1) is 14.8. The van der Waals surface area contributed by atoms with Gasteiger partial charge in [-0.1, -0.05) is 13.8 Å². The Balaban J connectivity index is 2.99. The van der Waals surface area contributed by atoms with Crippen LogP contribution in [0, 0.1) is 5.92 Å². The molecule has 13 heteroatoms. The fourth-order valence-corrected chi connectivity index (χ4v) is 3.27. The van der Waals surface area contributed by atoms with Gasteiger partial charge in [0, 0.05) is 13.0 Å². The molecule has 4 atom stereocenters. The third-order valence-corrected chi connectivity index (χ3v) is 5.14. The van der Waals surface area contributed by atoms with Gasteiger partial charge in [-0.2, -0.15) is 0 Å². The summed E-state index contributed by atoms with van der Waals surface area (Å²) in [5.74, 6) is -5.86. The summed E-state index contributed by atoms with van der Waals surface area (Å²) in [4.78, 5) is 72.6. The van der Waals surface area contributed by atoms with Gasteiger partial charge in [-0.15, -0.1) is 0 Å². The lowest BCUT2D eigenvalue weighted by atomic mass is 10.0. The molecule has 0 spiro atoms.